The zero-order valence-electron chi connectivity index (χ0n) is 17.6. The van der Waals surface area contributed by atoms with Crippen LogP contribution in [-0.2, 0) is 20.7 Å². The fourth-order valence-corrected chi connectivity index (χ4v) is 5.30. The molecule has 0 unspecified atom stereocenters. The van der Waals surface area contributed by atoms with E-state index in [0.29, 0.717) is 17.9 Å². The maximum atomic E-state index is 13.2. The molecule has 1 heterocycles. The topological polar surface area (TPSA) is 77.5 Å². The van der Waals surface area contributed by atoms with Crippen LogP contribution in [0.15, 0.2) is 48.5 Å². The average molecular weight is 439 g/mol. The number of thiazole rings is 1. The Morgan fingerprint density at radius 1 is 1.06 bits per heavy atom. The highest BCUT2D eigenvalue weighted by molar-refractivity contribution is 7.18. The van der Waals surface area contributed by atoms with Crippen molar-refractivity contribution >= 4 is 39.1 Å². The van der Waals surface area contributed by atoms with Crippen molar-refractivity contribution in [3.05, 3.63) is 53.5 Å². The van der Waals surface area contributed by atoms with Crippen LogP contribution in [0.25, 0.3) is 10.2 Å². The third-order valence-corrected chi connectivity index (χ3v) is 6.82. The third kappa shape index (κ3) is 4.88. The van der Waals surface area contributed by atoms with Crippen LogP contribution in [0.4, 0.5) is 5.69 Å². The van der Waals surface area contributed by atoms with Gasteiger partial charge in [0, 0.05) is 6.42 Å². The summed E-state index contributed by atoms with van der Waals surface area (Å²) in [6.07, 6.45) is 5.15. The van der Waals surface area contributed by atoms with E-state index in [1.807, 2.05) is 30.3 Å². The minimum absolute atomic E-state index is 0.304. The lowest BCUT2D eigenvalue weighted by atomic mass is 9.72. The molecule has 1 aliphatic rings. The van der Waals surface area contributed by atoms with E-state index in [2.05, 4.69) is 5.32 Å². The Morgan fingerprint density at radius 3 is 2.58 bits per heavy atom. The molecule has 162 valence electrons. The van der Waals surface area contributed by atoms with Gasteiger partial charge in [-0.25, -0.2) is 4.98 Å². The molecule has 1 aromatic heterocycles. The van der Waals surface area contributed by atoms with Crippen molar-refractivity contribution in [3.8, 4) is 5.75 Å². The SMILES string of the molecule is COc1ccccc1NC(=O)COC(=O)C1(Cc2nc3ccccc3s2)CCCCC1. The molecule has 0 spiro atoms. The summed E-state index contributed by atoms with van der Waals surface area (Å²) in [5.74, 6) is -0.132. The van der Waals surface area contributed by atoms with Gasteiger partial charge in [-0.15, -0.1) is 11.3 Å². The number of fused-ring (bicyclic) bond motifs is 1. The second-order valence-corrected chi connectivity index (χ2v) is 9.03. The molecule has 0 saturated heterocycles. The molecule has 0 atom stereocenters. The minimum Gasteiger partial charge on any atom is -0.495 e. The zero-order valence-corrected chi connectivity index (χ0v) is 18.4. The summed E-state index contributed by atoms with van der Waals surface area (Å²) in [5.41, 5.74) is 0.891. The number of hydrogen-bond donors (Lipinski definition) is 1. The van der Waals surface area contributed by atoms with Gasteiger partial charge in [0.2, 0.25) is 0 Å². The van der Waals surface area contributed by atoms with Gasteiger partial charge >= 0.3 is 5.97 Å². The predicted octanol–water partition coefficient (Wildman–Crippen LogP) is 4.98. The van der Waals surface area contributed by atoms with Crippen molar-refractivity contribution < 1.29 is 19.1 Å². The zero-order chi connectivity index (χ0) is 21.7. The van der Waals surface area contributed by atoms with E-state index in [1.165, 1.54) is 0 Å². The molecule has 2 aromatic carbocycles. The van der Waals surface area contributed by atoms with Crippen LogP contribution in [0.2, 0.25) is 0 Å². The van der Waals surface area contributed by atoms with Crippen LogP contribution < -0.4 is 10.1 Å². The van der Waals surface area contributed by atoms with Crippen molar-refractivity contribution in [2.24, 2.45) is 5.41 Å². The summed E-state index contributed by atoms with van der Waals surface area (Å²) < 4.78 is 11.9. The van der Waals surface area contributed by atoms with E-state index in [9.17, 15) is 9.59 Å². The Bertz CT molecular complexity index is 1040. The van der Waals surface area contributed by atoms with Gasteiger partial charge in [-0.2, -0.15) is 0 Å². The van der Waals surface area contributed by atoms with Crippen molar-refractivity contribution in [2.45, 2.75) is 38.5 Å². The molecule has 4 rings (SSSR count). The number of nitrogens with zero attached hydrogens (tertiary/aromatic N) is 1. The number of ether oxygens (including phenoxy) is 2. The first-order valence-corrected chi connectivity index (χ1v) is 11.4. The summed E-state index contributed by atoms with van der Waals surface area (Å²) in [7, 11) is 1.54. The molecule has 3 aromatic rings. The Kier molecular flexibility index (Phi) is 6.51. The van der Waals surface area contributed by atoms with Gasteiger partial charge < -0.3 is 14.8 Å². The number of hydrogen-bond acceptors (Lipinski definition) is 6. The summed E-state index contributed by atoms with van der Waals surface area (Å²) >= 11 is 1.63. The lowest BCUT2D eigenvalue weighted by molar-refractivity contribution is -0.160. The minimum atomic E-state index is -0.614. The second-order valence-electron chi connectivity index (χ2n) is 7.92. The number of aromatic nitrogens is 1. The van der Waals surface area contributed by atoms with E-state index in [-0.39, 0.29) is 18.5 Å². The highest BCUT2D eigenvalue weighted by atomic mass is 32.1. The third-order valence-electron chi connectivity index (χ3n) is 5.79. The molecule has 7 heteroatoms. The summed E-state index contributed by atoms with van der Waals surface area (Å²) in [6.45, 7) is -0.321. The number of para-hydroxylation sites is 3. The van der Waals surface area contributed by atoms with Crippen molar-refractivity contribution in [1.82, 2.24) is 4.98 Å². The van der Waals surface area contributed by atoms with Gasteiger partial charge in [-0.05, 0) is 37.1 Å². The molecule has 1 amide bonds. The molecule has 6 nitrogen and oxygen atoms in total. The van der Waals surface area contributed by atoms with E-state index >= 15 is 0 Å². The molecule has 1 aliphatic carbocycles. The van der Waals surface area contributed by atoms with Gasteiger partial charge in [0.05, 0.1) is 33.4 Å². The summed E-state index contributed by atoms with van der Waals surface area (Å²) in [4.78, 5) is 30.3. The quantitative estimate of drug-likeness (QED) is 0.527. The molecule has 1 saturated carbocycles. The number of carbonyl (C=O) groups is 2. The monoisotopic (exact) mass is 438 g/mol. The number of methoxy groups -OCH3 is 1. The summed E-state index contributed by atoms with van der Waals surface area (Å²) in [5, 5.41) is 3.69. The standard InChI is InChI=1S/C24H26N2O4S/c1-29-19-11-5-3-9-17(19)25-21(27)16-30-23(28)24(13-7-2-8-14-24)15-22-26-18-10-4-6-12-20(18)31-22/h3-6,9-12H,2,7-8,13-16H2,1H3,(H,25,27). The van der Waals surface area contributed by atoms with Crippen LogP contribution in [0.5, 0.6) is 5.75 Å². The first kappa shape index (κ1) is 21.3. The number of amides is 1. The number of rotatable bonds is 7. The van der Waals surface area contributed by atoms with Crippen molar-refractivity contribution in [1.29, 1.82) is 0 Å². The number of benzene rings is 2. The lowest BCUT2D eigenvalue weighted by Crippen LogP contribution is -2.38. The van der Waals surface area contributed by atoms with Crippen molar-refractivity contribution in [3.63, 3.8) is 0 Å². The molecule has 31 heavy (non-hydrogen) atoms. The fraction of sp³-hybridized carbons (Fsp3) is 0.375. The Morgan fingerprint density at radius 2 is 1.81 bits per heavy atom. The Hall–Kier alpha value is -2.93. The maximum Gasteiger partial charge on any atom is 0.313 e. The van der Waals surface area contributed by atoms with Crippen LogP contribution in [0.1, 0.15) is 37.1 Å². The second kappa shape index (κ2) is 9.47. The van der Waals surface area contributed by atoms with Crippen LogP contribution in [0.3, 0.4) is 0 Å². The van der Waals surface area contributed by atoms with E-state index in [0.717, 1.165) is 47.3 Å². The largest absolute Gasteiger partial charge is 0.495 e. The molecular weight excluding hydrogens is 412 g/mol. The van der Waals surface area contributed by atoms with Gasteiger partial charge in [0.25, 0.3) is 5.91 Å². The molecule has 1 fully saturated rings. The molecule has 0 aliphatic heterocycles. The predicted molar refractivity (Wildman–Crippen MR) is 121 cm³/mol. The van der Waals surface area contributed by atoms with E-state index in [1.54, 1.807) is 36.6 Å². The number of esters is 1. The molecule has 0 radical (unpaired) electrons. The number of anilines is 1. The van der Waals surface area contributed by atoms with Gasteiger partial charge in [0.15, 0.2) is 6.61 Å². The van der Waals surface area contributed by atoms with Crippen LogP contribution in [-0.4, -0.2) is 30.6 Å². The Labute approximate surface area is 185 Å². The Balaban J connectivity index is 1.43. The van der Waals surface area contributed by atoms with Crippen LogP contribution >= 0.6 is 11.3 Å². The fourth-order valence-electron chi connectivity index (χ4n) is 4.19. The van der Waals surface area contributed by atoms with Crippen molar-refractivity contribution in [2.75, 3.05) is 19.0 Å². The number of nitrogens with one attached hydrogen (secondary N) is 1. The highest BCUT2D eigenvalue weighted by Crippen LogP contribution is 2.41. The molecule has 1 N–H and O–H groups in total. The first-order chi connectivity index (χ1) is 15.1. The maximum absolute atomic E-state index is 13.2. The smallest absolute Gasteiger partial charge is 0.313 e. The van der Waals surface area contributed by atoms with Gasteiger partial charge in [-0.3, -0.25) is 9.59 Å². The number of carbonyl (C=O) groups excluding carboxylic acids is 2. The summed E-state index contributed by atoms with van der Waals surface area (Å²) in [6, 6.07) is 15.1. The molecule has 0 bridgehead atoms. The normalized spacial score (nSPS) is 15.4. The lowest BCUT2D eigenvalue weighted by Gasteiger charge is -2.34. The first-order valence-electron chi connectivity index (χ1n) is 10.5. The van der Waals surface area contributed by atoms with E-state index in [4.69, 9.17) is 14.5 Å². The van der Waals surface area contributed by atoms with Crippen LogP contribution in [0, 0.1) is 5.41 Å². The van der Waals surface area contributed by atoms with Gasteiger partial charge in [-0.1, -0.05) is 43.5 Å². The average Bonchev–Trinajstić information content (AvgIpc) is 3.20. The van der Waals surface area contributed by atoms with Gasteiger partial charge in [0.1, 0.15) is 5.75 Å². The molecular formula is C24H26N2O4S. The highest BCUT2D eigenvalue weighted by Gasteiger charge is 2.42. The van der Waals surface area contributed by atoms with E-state index < -0.39 is 5.41 Å².